The number of benzene rings is 7. The van der Waals surface area contributed by atoms with Crippen molar-refractivity contribution in [1.82, 2.24) is 0 Å². The molecule has 0 spiro atoms. The van der Waals surface area contributed by atoms with Crippen LogP contribution in [0.15, 0.2) is 164 Å². The van der Waals surface area contributed by atoms with Gasteiger partial charge in [-0.25, -0.2) is 0 Å². The molecular weight excluding hydrogens is 530 g/mol. The standard InChI is InChI=1S/C43H33N/c1-43(2)41-25-24-38(29-40(41)39-27-34-14-9-10-15-35(34)28-42(39)43)44(36-18-7-4-8-19-36)37-22-20-31(21-23-37)33-17-11-16-32(26-33)30-12-5-3-6-13-30/h3-29H,1-2H3. The summed E-state index contributed by atoms with van der Waals surface area (Å²) < 4.78 is 0. The van der Waals surface area contributed by atoms with Crippen LogP contribution in [0, 0.1) is 0 Å². The van der Waals surface area contributed by atoms with Gasteiger partial charge in [0.05, 0.1) is 0 Å². The van der Waals surface area contributed by atoms with Crippen LogP contribution >= 0.6 is 0 Å². The first kappa shape index (κ1) is 26.2. The number of para-hydroxylation sites is 1. The lowest BCUT2D eigenvalue weighted by atomic mass is 9.82. The highest BCUT2D eigenvalue weighted by atomic mass is 15.1. The average molecular weight is 564 g/mol. The third kappa shape index (κ3) is 4.41. The van der Waals surface area contributed by atoms with Gasteiger partial charge < -0.3 is 4.90 Å². The van der Waals surface area contributed by atoms with Gasteiger partial charge in [-0.15, -0.1) is 0 Å². The molecular formula is C43H33N. The largest absolute Gasteiger partial charge is 0.310 e. The molecule has 0 aliphatic heterocycles. The van der Waals surface area contributed by atoms with E-state index in [1.54, 1.807) is 0 Å². The topological polar surface area (TPSA) is 3.24 Å². The number of fused-ring (bicyclic) bond motifs is 4. The minimum atomic E-state index is -0.0548. The van der Waals surface area contributed by atoms with Crippen molar-refractivity contribution >= 4 is 27.8 Å². The number of hydrogen-bond donors (Lipinski definition) is 0. The van der Waals surface area contributed by atoms with Crippen molar-refractivity contribution in [2.24, 2.45) is 0 Å². The molecule has 0 N–H and O–H groups in total. The Hall–Kier alpha value is -5.40. The predicted molar refractivity (Wildman–Crippen MR) is 187 cm³/mol. The molecule has 0 atom stereocenters. The highest BCUT2D eigenvalue weighted by Crippen LogP contribution is 2.51. The van der Waals surface area contributed by atoms with Crippen LogP contribution < -0.4 is 4.90 Å². The van der Waals surface area contributed by atoms with Crippen molar-refractivity contribution < 1.29 is 0 Å². The maximum Gasteiger partial charge on any atom is 0.0468 e. The van der Waals surface area contributed by atoms with Crippen LogP contribution in [0.2, 0.25) is 0 Å². The van der Waals surface area contributed by atoms with Gasteiger partial charge in [0.2, 0.25) is 0 Å². The average Bonchev–Trinajstić information content (AvgIpc) is 3.30. The first-order chi connectivity index (χ1) is 21.6. The maximum absolute atomic E-state index is 2.39. The van der Waals surface area contributed by atoms with Crippen molar-refractivity contribution in [2.45, 2.75) is 19.3 Å². The summed E-state index contributed by atoms with van der Waals surface area (Å²) in [5, 5.41) is 2.58. The Labute approximate surface area is 259 Å². The van der Waals surface area contributed by atoms with Gasteiger partial charge in [-0.1, -0.05) is 123 Å². The van der Waals surface area contributed by atoms with Gasteiger partial charge in [-0.05, 0) is 110 Å². The van der Waals surface area contributed by atoms with E-state index in [9.17, 15) is 0 Å². The van der Waals surface area contributed by atoms with E-state index in [1.165, 1.54) is 55.3 Å². The predicted octanol–water partition coefficient (Wildman–Crippen LogP) is 11.9. The van der Waals surface area contributed by atoms with Crippen molar-refractivity contribution in [3.8, 4) is 33.4 Å². The van der Waals surface area contributed by atoms with E-state index in [0.29, 0.717) is 0 Å². The lowest BCUT2D eigenvalue weighted by Crippen LogP contribution is -2.15. The van der Waals surface area contributed by atoms with E-state index >= 15 is 0 Å². The summed E-state index contributed by atoms with van der Waals surface area (Å²) in [6.07, 6.45) is 0. The summed E-state index contributed by atoms with van der Waals surface area (Å²) in [5.74, 6) is 0. The first-order valence-electron chi connectivity index (χ1n) is 15.4. The zero-order chi connectivity index (χ0) is 29.7. The van der Waals surface area contributed by atoms with Gasteiger partial charge in [0, 0.05) is 22.5 Å². The fourth-order valence-corrected chi connectivity index (χ4v) is 6.90. The maximum atomic E-state index is 2.39. The smallest absolute Gasteiger partial charge is 0.0468 e. The Morgan fingerprint density at radius 3 is 1.59 bits per heavy atom. The molecule has 7 aromatic rings. The molecule has 0 aromatic heterocycles. The second kappa shape index (κ2) is 10.4. The molecule has 1 aliphatic rings. The van der Waals surface area contributed by atoms with Crippen LogP contribution in [-0.4, -0.2) is 0 Å². The van der Waals surface area contributed by atoms with Gasteiger partial charge in [-0.3, -0.25) is 0 Å². The van der Waals surface area contributed by atoms with Crippen molar-refractivity contribution in [3.05, 3.63) is 175 Å². The van der Waals surface area contributed by atoms with E-state index in [1.807, 2.05) is 0 Å². The Morgan fingerprint density at radius 1 is 0.364 bits per heavy atom. The molecule has 0 radical (unpaired) electrons. The van der Waals surface area contributed by atoms with E-state index < -0.39 is 0 Å². The molecule has 0 fully saturated rings. The fraction of sp³-hybridized carbons (Fsp3) is 0.0698. The zero-order valence-electron chi connectivity index (χ0n) is 25.0. The van der Waals surface area contributed by atoms with Crippen LogP contribution in [0.3, 0.4) is 0 Å². The normalized spacial score (nSPS) is 13.0. The summed E-state index contributed by atoms with van der Waals surface area (Å²) in [6.45, 7) is 4.71. The minimum Gasteiger partial charge on any atom is -0.310 e. The highest BCUT2D eigenvalue weighted by Gasteiger charge is 2.36. The van der Waals surface area contributed by atoms with E-state index in [4.69, 9.17) is 0 Å². The lowest BCUT2D eigenvalue weighted by molar-refractivity contribution is 0.661. The molecule has 1 aliphatic carbocycles. The summed E-state index contributed by atoms with van der Waals surface area (Å²) in [4.78, 5) is 2.37. The summed E-state index contributed by atoms with van der Waals surface area (Å²) in [6, 6.07) is 59.5. The zero-order valence-corrected chi connectivity index (χ0v) is 25.0. The third-order valence-electron chi connectivity index (χ3n) is 9.23. The summed E-state index contributed by atoms with van der Waals surface area (Å²) >= 11 is 0. The molecule has 0 heterocycles. The molecule has 0 bridgehead atoms. The Balaban J connectivity index is 1.22. The molecule has 0 saturated carbocycles. The second-order valence-corrected chi connectivity index (χ2v) is 12.3. The monoisotopic (exact) mass is 563 g/mol. The van der Waals surface area contributed by atoms with Gasteiger partial charge in [0.15, 0.2) is 0 Å². The quantitative estimate of drug-likeness (QED) is 0.201. The van der Waals surface area contributed by atoms with Gasteiger partial charge >= 0.3 is 0 Å². The lowest BCUT2D eigenvalue weighted by Gasteiger charge is -2.27. The van der Waals surface area contributed by atoms with Crippen LogP contribution in [0.5, 0.6) is 0 Å². The Bertz CT molecular complexity index is 2120. The van der Waals surface area contributed by atoms with Gasteiger partial charge in [0.1, 0.15) is 0 Å². The molecule has 8 rings (SSSR count). The number of rotatable bonds is 5. The number of nitrogens with zero attached hydrogens (tertiary/aromatic N) is 1. The molecule has 0 saturated heterocycles. The third-order valence-corrected chi connectivity index (χ3v) is 9.23. The van der Waals surface area contributed by atoms with Gasteiger partial charge in [0.25, 0.3) is 0 Å². The van der Waals surface area contributed by atoms with Crippen LogP contribution in [-0.2, 0) is 5.41 Å². The molecule has 0 unspecified atom stereocenters. The number of anilines is 3. The van der Waals surface area contributed by atoms with Crippen molar-refractivity contribution in [2.75, 3.05) is 4.90 Å². The Kier molecular flexibility index (Phi) is 6.20. The van der Waals surface area contributed by atoms with E-state index in [2.05, 4.69) is 183 Å². The summed E-state index contributed by atoms with van der Waals surface area (Å²) in [7, 11) is 0. The Morgan fingerprint density at radius 2 is 0.886 bits per heavy atom. The fourth-order valence-electron chi connectivity index (χ4n) is 6.90. The van der Waals surface area contributed by atoms with Crippen molar-refractivity contribution in [3.63, 3.8) is 0 Å². The van der Waals surface area contributed by atoms with Crippen LogP contribution in [0.1, 0.15) is 25.0 Å². The second-order valence-electron chi connectivity index (χ2n) is 12.3. The van der Waals surface area contributed by atoms with Crippen molar-refractivity contribution in [1.29, 1.82) is 0 Å². The van der Waals surface area contributed by atoms with Crippen LogP contribution in [0.4, 0.5) is 17.1 Å². The molecule has 0 amide bonds. The first-order valence-corrected chi connectivity index (χ1v) is 15.4. The molecule has 7 aromatic carbocycles. The highest BCUT2D eigenvalue weighted by molar-refractivity contribution is 5.95. The number of hydrogen-bond acceptors (Lipinski definition) is 1. The molecule has 1 nitrogen and oxygen atoms in total. The van der Waals surface area contributed by atoms with E-state index in [0.717, 1.165) is 17.1 Å². The molecule has 44 heavy (non-hydrogen) atoms. The summed E-state index contributed by atoms with van der Waals surface area (Å²) in [5.41, 5.74) is 13.7. The van der Waals surface area contributed by atoms with Gasteiger partial charge in [-0.2, -0.15) is 0 Å². The minimum absolute atomic E-state index is 0.0548. The van der Waals surface area contributed by atoms with E-state index in [-0.39, 0.29) is 5.41 Å². The SMILES string of the molecule is CC1(C)c2ccc(N(c3ccccc3)c3ccc(-c4cccc(-c5ccccc5)c4)cc3)cc2-c2cc3ccccc3cc21. The molecule has 1 heteroatoms. The molecule has 210 valence electrons. The van der Waals surface area contributed by atoms with Crippen LogP contribution in [0.25, 0.3) is 44.2 Å².